The minimum Gasteiger partial charge on any atom is -0.497 e. The molecule has 1 amide bonds. The number of nitrogens with zero attached hydrogens (tertiary/aromatic N) is 4. The van der Waals surface area contributed by atoms with Crippen LogP contribution in [0.3, 0.4) is 0 Å². The number of anilines is 1. The van der Waals surface area contributed by atoms with Crippen molar-refractivity contribution in [3.8, 4) is 17.2 Å². The van der Waals surface area contributed by atoms with Crippen molar-refractivity contribution < 1.29 is 37.3 Å². The number of likely N-dealkylation sites (N-methyl/N-ethyl adjacent to an activating group) is 2. The number of benzene rings is 3. The highest BCUT2D eigenvalue weighted by Crippen LogP contribution is 2.55. The molecular formula is C34H41ClN4O8S. The molecule has 0 aliphatic carbocycles. The van der Waals surface area contributed by atoms with E-state index in [2.05, 4.69) is 9.80 Å². The van der Waals surface area contributed by atoms with E-state index in [4.69, 9.17) is 25.8 Å². The molecule has 0 saturated carbocycles. The minimum absolute atomic E-state index is 0.0277. The molecule has 2 aliphatic heterocycles. The molecule has 3 aromatic carbocycles. The number of carboxylic acids is 1. The molecule has 0 spiro atoms. The van der Waals surface area contributed by atoms with Crippen molar-refractivity contribution in [2.24, 2.45) is 0 Å². The van der Waals surface area contributed by atoms with Gasteiger partial charge in [-0.1, -0.05) is 17.7 Å². The lowest BCUT2D eigenvalue weighted by atomic mass is 9.80. The molecule has 0 bridgehead atoms. The number of rotatable bonds is 13. The molecule has 2 atom stereocenters. The standard InChI is InChI=1S/C34H41ClN4O8S/c1-36(2)16-17-37(3)21-22-9-13-29(46-5)26(18-22)34(38-15-7-8-28(38)32(40)41)25-19-23(35)10-12-27(25)39(33(34)42)48(43,44)31-14-11-24(45-4)20-30(31)47-6/h9-14,18-20,28H,7-8,15-17,21H2,1-6H3,(H,40,41)/t28-,34?/m0/s1. The zero-order valence-electron chi connectivity index (χ0n) is 27.9. The van der Waals surface area contributed by atoms with Crippen LogP contribution in [0.2, 0.25) is 5.02 Å². The summed E-state index contributed by atoms with van der Waals surface area (Å²) >= 11 is 6.60. The predicted octanol–water partition coefficient (Wildman–Crippen LogP) is 3.89. The fraction of sp³-hybridized carbons (Fsp3) is 0.412. The number of hydrogen-bond donors (Lipinski definition) is 1. The number of methoxy groups -OCH3 is 3. The van der Waals surface area contributed by atoms with E-state index in [1.807, 2.05) is 33.3 Å². The van der Waals surface area contributed by atoms with E-state index in [9.17, 15) is 18.3 Å². The van der Waals surface area contributed by atoms with Gasteiger partial charge in [0.25, 0.3) is 15.9 Å². The molecule has 1 unspecified atom stereocenters. The lowest BCUT2D eigenvalue weighted by Gasteiger charge is -2.41. The molecule has 1 N–H and O–H groups in total. The molecule has 2 heterocycles. The number of ether oxygens (including phenoxy) is 3. The number of carbonyl (C=O) groups excluding carboxylic acids is 1. The fourth-order valence-corrected chi connectivity index (χ4v) is 8.46. The van der Waals surface area contributed by atoms with Gasteiger partial charge in [0.2, 0.25) is 0 Å². The van der Waals surface area contributed by atoms with Crippen LogP contribution in [0.25, 0.3) is 0 Å². The molecule has 0 radical (unpaired) electrons. The maximum atomic E-state index is 15.4. The summed E-state index contributed by atoms with van der Waals surface area (Å²) < 4.78 is 46.7. The SMILES string of the molecule is COc1ccc(S(=O)(=O)N2C(=O)C(c3cc(CN(C)CCN(C)C)ccc3OC)(N3CCC[C@H]3C(=O)O)c3cc(Cl)ccc32)c(OC)c1. The number of carboxylic acid groups (broad SMARTS) is 1. The fourth-order valence-electron chi connectivity index (χ4n) is 6.69. The number of amides is 1. The smallest absolute Gasteiger partial charge is 0.320 e. The second-order valence-electron chi connectivity index (χ2n) is 12.2. The highest BCUT2D eigenvalue weighted by atomic mass is 35.5. The Kier molecular flexibility index (Phi) is 10.3. The molecule has 3 aromatic rings. The second kappa shape index (κ2) is 13.9. The number of sulfonamides is 1. The van der Waals surface area contributed by atoms with Crippen molar-refractivity contribution in [2.45, 2.75) is 35.9 Å². The molecule has 1 saturated heterocycles. The largest absolute Gasteiger partial charge is 0.497 e. The summed E-state index contributed by atoms with van der Waals surface area (Å²) in [6, 6.07) is 13.1. The van der Waals surface area contributed by atoms with E-state index in [0.717, 1.165) is 23.0 Å². The quantitative estimate of drug-likeness (QED) is 0.279. The van der Waals surface area contributed by atoms with Gasteiger partial charge in [0, 0.05) is 48.4 Å². The zero-order valence-corrected chi connectivity index (χ0v) is 29.5. The molecule has 48 heavy (non-hydrogen) atoms. The number of likely N-dealkylation sites (tertiary alicyclic amines) is 1. The van der Waals surface area contributed by atoms with Crippen LogP contribution in [0.5, 0.6) is 17.2 Å². The predicted molar refractivity (Wildman–Crippen MR) is 182 cm³/mol. The van der Waals surface area contributed by atoms with Gasteiger partial charge in [-0.3, -0.25) is 14.5 Å². The monoisotopic (exact) mass is 700 g/mol. The van der Waals surface area contributed by atoms with Gasteiger partial charge >= 0.3 is 5.97 Å². The molecule has 5 rings (SSSR count). The summed E-state index contributed by atoms with van der Waals surface area (Å²) in [6.45, 7) is 2.29. The third-order valence-corrected chi connectivity index (χ3v) is 10.9. The lowest BCUT2D eigenvalue weighted by Crippen LogP contribution is -2.58. The topological polar surface area (TPSA) is 129 Å². The number of aliphatic carboxylic acids is 1. The Bertz CT molecular complexity index is 1820. The molecular weight excluding hydrogens is 660 g/mol. The first-order valence-electron chi connectivity index (χ1n) is 15.4. The van der Waals surface area contributed by atoms with Crippen molar-refractivity contribution >= 4 is 39.2 Å². The van der Waals surface area contributed by atoms with Gasteiger partial charge in [0.15, 0.2) is 5.54 Å². The average molecular weight is 701 g/mol. The van der Waals surface area contributed by atoms with Gasteiger partial charge in [0.1, 0.15) is 28.2 Å². The Balaban J connectivity index is 1.80. The Morgan fingerprint density at radius 3 is 2.33 bits per heavy atom. The average Bonchev–Trinajstić information content (AvgIpc) is 3.64. The number of fused-ring (bicyclic) bond motifs is 1. The highest BCUT2D eigenvalue weighted by Gasteiger charge is 2.63. The lowest BCUT2D eigenvalue weighted by molar-refractivity contribution is -0.145. The van der Waals surface area contributed by atoms with Crippen LogP contribution < -0.4 is 18.5 Å². The first kappa shape index (κ1) is 35.4. The Morgan fingerprint density at radius 1 is 0.958 bits per heavy atom. The van der Waals surface area contributed by atoms with Gasteiger partial charge in [-0.2, -0.15) is 0 Å². The van der Waals surface area contributed by atoms with Crippen molar-refractivity contribution in [2.75, 3.05) is 66.4 Å². The normalized spacial score (nSPS) is 19.6. The molecule has 1 fully saturated rings. The van der Waals surface area contributed by atoms with Crippen LogP contribution in [-0.4, -0.2) is 108 Å². The molecule has 2 aliphatic rings. The van der Waals surface area contributed by atoms with Gasteiger partial charge in [0.05, 0.1) is 27.0 Å². The zero-order chi connectivity index (χ0) is 35.0. The Labute approximate surface area is 286 Å². The van der Waals surface area contributed by atoms with Gasteiger partial charge in [-0.25, -0.2) is 12.7 Å². The van der Waals surface area contributed by atoms with Crippen LogP contribution in [-0.2, 0) is 31.7 Å². The summed E-state index contributed by atoms with van der Waals surface area (Å²) in [5.41, 5.74) is -0.498. The van der Waals surface area contributed by atoms with Crippen LogP contribution >= 0.6 is 11.6 Å². The summed E-state index contributed by atoms with van der Waals surface area (Å²) in [4.78, 5) is 33.7. The number of hydrogen-bond acceptors (Lipinski definition) is 10. The van der Waals surface area contributed by atoms with Gasteiger partial charge < -0.3 is 29.1 Å². The highest BCUT2D eigenvalue weighted by molar-refractivity contribution is 7.93. The summed E-state index contributed by atoms with van der Waals surface area (Å²) in [5.74, 6) is -1.37. The first-order valence-corrected chi connectivity index (χ1v) is 17.2. The Hall–Kier alpha value is -3.88. The van der Waals surface area contributed by atoms with E-state index < -0.39 is 33.5 Å². The van der Waals surface area contributed by atoms with E-state index in [1.165, 1.54) is 51.7 Å². The maximum Gasteiger partial charge on any atom is 0.320 e. The first-order chi connectivity index (χ1) is 22.8. The molecule has 14 heteroatoms. The maximum absolute atomic E-state index is 15.4. The number of halogens is 1. The second-order valence-corrected chi connectivity index (χ2v) is 14.4. The minimum atomic E-state index is -4.66. The third kappa shape index (κ3) is 6.09. The van der Waals surface area contributed by atoms with Gasteiger partial charge in [-0.15, -0.1) is 0 Å². The molecule has 258 valence electrons. The summed E-state index contributed by atoms with van der Waals surface area (Å²) in [7, 11) is 5.54. The van der Waals surface area contributed by atoms with Crippen molar-refractivity contribution in [3.05, 3.63) is 76.3 Å². The van der Waals surface area contributed by atoms with Crippen LogP contribution in [0.4, 0.5) is 5.69 Å². The van der Waals surface area contributed by atoms with Crippen molar-refractivity contribution in [3.63, 3.8) is 0 Å². The third-order valence-electron chi connectivity index (χ3n) is 8.95. The van der Waals surface area contributed by atoms with Crippen LogP contribution in [0.1, 0.15) is 29.5 Å². The number of carbonyl (C=O) groups is 2. The Morgan fingerprint density at radius 2 is 1.69 bits per heavy atom. The van der Waals surface area contributed by atoms with E-state index in [1.54, 1.807) is 17.0 Å². The molecule has 12 nitrogen and oxygen atoms in total. The van der Waals surface area contributed by atoms with Crippen molar-refractivity contribution in [1.29, 1.82) is 0 Å². The summed E-state index contributed by atoms with van der Waals surface area (Å²) in [6.07, 6.45) is 0.727. The van der Waals surface area contributed by atoms with Crippen molar-refractivity contribution in [1.82, 2.24) is 14.7 Å². The van der Waals surface area contributed by atoms with Gasteiger partial charge in [-0.05, 0) is 82.0 Å². The molecule has 0 aromatic heterocycles. The van der Waals surface area contributed by atoms with E-state index in [-0.39, 0.29) is 39.9 Å². The van der Waals surface area contributed by atoms with E-state index >= 15 is 4.79 Å². The van der Waals surface area contributed by atoms with Crippen LogP contribution in [0.15, 0.2) is 59.5 Å². The van der Waals surface area contributed by atoms with Crippen LogP contribution in [0, 0.1) is 0 Å². The summed E-state index contributed by atoms with van der Waals surface area (Å²) in [5, 5.41) is 10.7. The van der Waals surface area contributed by atoms with E-state index in [0.29, 0.717) is 30.0 Å².